The number of likely N-dealkylation sites (tertiary alicyclic amines) is 1. The smallest absolute Gasteiger partial charge is 0.221 e. The second-order valence-corrected chi connectivity index (χ2v) is 5.26. The molecular formula is C16H18N2O. The number of fused-ring (bicyclic) bond motifs is 1. The summed E-state index contributed by atoms with van der Waals surface area (Å²) >= 11 is 0. The number of carbonyl (C=O) groups is 1. The van der Waals surface area contributed by atoms with Crippen molar-refractivity contribution < 1.29 is 4.79 Å². The molecule has 3 nitrogen and oxygen atoms in total. The molecule has 2 aromatic carbocycles. The first-order chi connectivity index (χ1) is 9.24. The zero-order chi connectivity index (χ0) is 13.2. The van der Waals surface area contributed by atoms with Gasteiger partial charge in [-0.15, -0.1) is 0 Å². The minimum atomic E-state index is -0.166. The molecule has 0 unspecified atom stereocenters. The van der Waals surface area contributed by atoms with E-state index in [4.69, 9.17) is 5.73 Å². The van der Waals surface area contributed by atoms with E-state index in [2.05, 4.69) is 47.4 Å². The Hall–Kier alpha value is -1.87. The minimum Gasteiger partial charge on any atom is -0.369 e. The number of benzene rings is 2. The van der Waals surface area contributed by atoms with Crippen molar-refractivity contribution in [2.75, 3.05) is 13.1 Å². The maximum atomic E-state index is 11.2. The second kappa shape index (κ2) is 5.02. The molecule has 19 heavy (non-hydrogen) atoms. The van der Waals surface area contributed by atoms with Gasteiger partial charge in [0.1, 0.15) is 0 Å². The van der Waals surface area contributed by atoms with E-state index in [1.54, 1.807) is 0 Å². The summed E-state index contributed by atoms with van der Waals surface area (Å²) in [6.07, 6.45) is 0.889. The number of carbonyl (C=O) groups excluding carboxylic acids is 1. The summed E-state index contributed by atoms with van der Waals surface area (Å²) in [7, 11) is 0. The number of hydrogen-bond acceptors (Lipinski definition) is 2. The molecule has 0 radical (unpaired) electrons. The van der Waals surface area contributed by atoms with Crippen molar-refractivity contribution in [1.29, 1.82) is 0 Å². The quantitative estimate of drug-likeness (QED) is 0.912. The first-order valence-electron chi connectivity index (χ1n) is 6.72. The maximum Gasteiger partial charge on any atom is 0.221 e. The van der Waals surface area contributed by atoms with Crippen LogP contribution in [0.2, 0.25) is 0 Å². The molecule has 1 heterocycles. The van der Waals surface area contributed by atoms with Gasteiger partial charge in [0, 0.05) is 13.1 Å². The predicted molar refractivity (Wildman–Crippen MR) is 76.5 cm³/mol. The van der Waals surface area contributed by atoms with Gasteiger partial charge in [-0.3, -0.25) is 9.69 Å². The highest BCUT2D eigenvalue weighted by molar-refractivity contribution is 5.85. The minimum absolute atomic E-state index is 0.0231. The topological polar surface area (TPSA) is 46.3 Å². The summed E-state index contributed by atoms with van der Waals surface area (Å²) in [5.41, 5.74) is 6.70. The molecule has 1 atom stereocenters. The third-order valence-corrected chi connectivity index (χ3v) is 3.95. The van der Waals surface area contributed by atoms with Crippen molar-refractivity contribution in [1.82, 2.24) is 4.90 Å². The van der Waals surface area contributed by atoms with Crippen molar-refractivity contribution in [3.63, 3.8) is 0 Å². The van der Waals surface area contributed by atoms with Crippen LogP contribution >= 0.6 is 0 Å². The molecule has 1 saturated heterocycles. The SMILES string of the molecule is NC(=O)[C@H]1CCN(Cc2cccc3ccccc23)C1. The van der Waals surface area contributed by atoms with Gasteiger partial charge in [-0.1, -0.05) is 42.5 Å². The zero-order valence-electron chi connectivity index (χ0n) is 10.9. The number of nitrogens with zero attached hydrogens (tertiary/aromatic N) is 1. The molecule has 0 saturated carbocycles. The van der Waals surface area contributed by atoms with Gasteiger partial charge in [0.2, 0.25) is 5.91 Å². The van der Waals surface area contributed by atoms with E-state index < -0.39 is 0 Å². The van der Waals surface area contributed by atoms with E-state index in [0.29, 0.717) is 0 Å². The van der Waals surface area contributed by atoms with E-state index in [0.717, 1.165) is 26.1 Å². The first-order valence-corrected chi connectivity index (χ1v) is 6.72. The summed E-state index contributed by atoms with van der Waals surface area (Å²) < 4.78 is 0. The third kappa shape index (κ3) is 2.47. The van der Waals surface area contributed by atoms with E-state index in [9.17, 15) is 4.79 Å². The lowest BCUT2D eigenvalue weighted by molar-refractivity contribution is -0.121. The first kappa shape index (κ1) is 12.2. The van der Waals surface area contributed by atoms with Crippen molar-refractivity contribution in [2.45, 2.75) is 13.0 Å². The third-order valence-electron chi connectivity index (χ3n) is 3.95. The Morgan fingerprint density at radius 3 is 2.79 bits per heavy atom. The van der Waals surface area contributed by atoms with Crippen LogP contribution in [0, 0.1) is 5.92 Å². The van der Waals surface area contributed by atoms with Gasteiger partial charge in [-0.25, -0.2) is 0 Å². The highest BCUT2D eigenvalue weighted by Crippen LogP contribution is 2.23. The van der Waals surface area contributed by atoms with Crippen LogP contribution in [-0.4, -0.2) is 23.9 Å². The molecule has 0 spiro atoms. The van der Waals surface area contributed by atoms with Crippen molar-refractivity contribution in [2.24, 2.45) is 11.7 Å². The highest BCUT2D eigenvalue weighted by atomic mass is 16.1. The summed E-state index contributed by atoms with van der Waals surface area (Å²) in [4.78, 5) is 13.5. The van der Waals surface area contributed by atoms with Crippen molar-refractivity contribution in [3.05, 3.63) is 48.0 Å². The number of hydrogen-bond donors (Lipinski definition) is 1. The van der Waals surface area contributed by atoms with Crippen LogP contribution in [0.3, 0.4) is 0 Å². The molecule has 0 bridgehead atoms. The normalized spacial score (nSPS) is 19.9. The van der Waals surface area contributed by atoms with Gasteiger partial charge in [0.05, 0.1) is 5.92 Å². The fourth-order valence-corrected chi connectivity index (χ4v) is 2.88. The molecule has 98 valence electrons. The van der Waals surface area contributed by atoms with E-state index in [-0.39, 0.29) is 11.8 Å². The van der Waals surface area contributed by atoms with E-state index >= 15 is 0 Å². The average Bonchev–Trinajstić information content (AvgIpc) is 2.88. The Morgan fingerprint density at radius 1 is 1.21 bits per heavy atom. The van der Waals surface area contributed by atoms with Crippen LogP contribution in [0.15, 0.2) is 42.5 Å². The van der Waals surface area contributed by atoms with Gasteiger partial charge >= 0.3 is 0 Å². The molecule has 0 aliphatic carbocycles. The Balaban J connectivity index is 1.81. The lowest BCUT2D eigenvalue weighted by atomic mass is 10.0. The predicted octanol–water partition coefficient (Wildman–Crippen LogP) is 2.15. The van der Waals surface area contributed by atoms with Crippen LogP contribution in [0.25, 0.3) is 10.8 Å². The van der Waals surface area contributed by atoms with E-state index in [1.807, 2.05) is 0 Å². The largest absolute Gasteiger partial charge is 0.369 e. The molecule has 1 aliphatic heterocycles. The van der Waals surface area contributed by atoms with Gasteiger partial charge in [0.25, 0.3) is 0 Å². The van der Waals surface area contributed by atoms with Gasteiger partial charge in [-0.2, -0.15) is 0 Å². The van der Waals surface area contributed by atoms with Gasteiger partial charge < -0.3 is 5.73 Å². The molecule has 0 aromatic heterocycles. The molecular weight excluding hydrogens is 236 g/mol. The monoisotopic (exact) mass is 254 g/mol. The number of primary amides is 1. The maximum absolute atomic E-state index is 11.2. The molecule has 1 fully saturated rings. The highest BCUT2D eigenvalue weighted by Gasteiger charge is 2.26. The second-order valence-electron chi connectivity index (χ2n) is 5.26. The van der Waals surface area contributed by atoms with E-state index in [1.165, 1.54) is 16.3 Å². The summed E-state index contributed by atoms with van der Waals surface area (Å²) in [5, 5.41) is 2.57. The van der Waals surface area contributed by atoms with Crippen LogP contribution in [0.1, 0.15) is 12.0 Å². The van der Waals surface area contributed by atoms with Gasteiger partial charge in [-0.05, 0) is 29.3 Å². The van der Waals surface area contributed by atoms with Crippen molar-refractivity contribution >= 4 is 16.7 Å². The number of nitrogens with two attached hydrogens (primary N) is 1. The summed E-state index contributed by atoms with van der Waals surface area (Å²) in [6.45, 7) is 2.64. The van der Waals surface area contributed by atoms with Crippen LogP contribution in [0.4, 0.5) is 0 Å². The number of amides is 1. The molecule has 1 aliphatic rings. The Morgan fingerprint density at radius 2 is 2.00 bits per heavy atom. The fraction of sp³-hybridized carbons (Fsp3) is 0.312. The summed E-state index contributed by atoms with van der Waals surface area (Å²) in [6, 6.07) is 14.8. The molecule has 3 rings (SSSR count). The lowest BCUT2D eigenvalue weighted by Gasteiger charge is -2.16. The Bertz CT molecular complexity index is 603. The van der Waals surface area contributed by atoms with Gasteiger partial charge in [0.15, 0.2) is 0 Å². The lowest BCUT2D eigenvalue weighted by Crippen LogP contribution is -2.27. The summed E-state index contributed by atoms with van der Waals surface area (Å²) in [5.74, 6) is -0.143. The molecule has 2 aromatic rings. The number of rotatable bonds is 3. The van der Waals surface area contributed by atoms with Crippen molar-refractivity contribution in [3.8, 4) is 0 Å². The fourth-order valence-electron chi connectivity index (χ4n) is 2.88. The van der Waals surface area contributed by atoms with Crippen LogP contribution < -0.4 is 5.73 Å². The standard InChI is InChI=1S/C16H18N2O/c17-16(19)14-8-9-18(11-14)10-13-6-3-5-12-4-1-2-7-15(12)13/h1-7,14H,8-11H2,(H2,17,19)/t14-/m0/s1. The van der Waals surface area contributed by atoms with Crippen LogP contribution in [0.5, 0.6) is 0 Å². The average molecular weight is 254 g/mol. The Labute approximate surface area is 113 Å². The molecule has 2 N–H and O–H groups in total. The Kier molecular flexibility index (Phi) is 3.22. The van der Waals surface area contributed by atoms with Crippen LogP contribution in [-0.2, 0) is 11.3 Å². The molecule has 1 amide bonds. The molecule has 3 heteroatoms. The zero-order valence-corrected chi connectivity index (χ0v) is 10.9.